The lowest BCUT2D eigenvalue weighted by atomic mass is 9.94. The van der Waals surface area contributed by atoms with Crippen molar-refractivity contribution >= 4 is 17.8 Å². The predicted molar refractivity (Wildman–Crippen MR) is 124 cm³/mol. The largest absolute Gasteiger partial charge is 0.485 e. The van der Waals surface area contributed by atoms with Gasteiger partial charge < -0.3 is 24.8 Å². The molecule has 2 rings (SSSR count). The van der Waals surface area contributed by atoms with Gasteiger partial charge in [-0.05, 0) is 33.6 Å². The number of aliphatic hydroxyl groups excluding tert-OH is 1. The number of esters is 1. The first kappa shape index (κ1) is 30.3. The molecule has 0 aromatic heterocycles. The van der Waals surface area contributed by atoms with Crippen molar-refractivity contribution in [1.82, 2.24) is 10.2 Å². The van der Waals surface area contributed by atoms with Crippen LogP contribution in [-0.2, 0) is 19.1 Å². The van der Waals surface area contributed by atoms with Crippen molar-refractivity contribution in [2.75, 3.05) is 19.7 Å². The van der Waals surface area contributed by atoms with E-state index in [0.29, 0.717) is 25.9 Å². The molecule has 8 nitrogen and oxygen atoms in total. The maximum absolute atomic E-state index is 13.9. The number of ether oxygens (including phenoxy) is 2. The molecule has 1 fully saturated rings. The fourth-order valence-corrected chi connectivity index (χ4v) is 3.84. The summed E-state index contributed by atoms with van der Waals surface area (Å²) >= 11 is 0. The van der Waals surface area contributed by atoms with Gasteiger partial charge in [-0.2, -0.15) is 8.78 Å². The first-order valence-electron chi connectivity index (χ1n) is 12.1. The maximum Gasteiger partial charge on any atom is 0.308 e. The predicted octanol–water partition coefficient (Wildman–Crippen LogP) is 3.09. The average Bonchev–Trinajstić information content (AvgIpc) is 2.80. The monoisotopic (exact) mass is 534 g/mol. The summed E-state index contributed by atoms with van der Waals surface area (Å²) in [4.78, 5) is 39.2. The lowest BCUT2D eigenvalue weighted by Crippen LogP contribution is -2.51. The highest BCUT2D eigenvalue weighted by Gasteiger charge is 2.33. The number of piperidine rings is 1. The van der Waals surface area contributed by atoms with Gasteiger partial charge in [-0.3, -0.25) is 14.4 Å². The van der Waals surface area contributed by atoms with Gasteiger partial charge in [0.2, 0.25) is 23.4 Å². The lowest BCUT2D eigenvalue weighted by molar-refractivity contribution is -0.156. The van der Waals surface area contributed by atoms with E-state index in [4.69, 9.17) is 9.47 Å². The minimum Gasteiger partial charge on any atom is -0.485 e. The van der Waals surface area contributed by atoms with Crippen molar-refractivity contribution in [1.29, 1.82) is 0 Å². The molecule has 37 heavy (non-hydrogen) atoms. The molecule has 0 aliphatic carbocycles. The Labute approximate surface area is 213 Å². The molecule has 1 heterocycles. The van der Waals surface area contributed by atoms with Crippen molar-refractivity contribution in [2.24, 2.45) is 11.8 Å². The van der Waals surface area contributed by atoms with Crippen LogP contribution in [0.4, 0.5) is 17.6 Å². The third-order valence-corrected chi connectivity index (χ3v) is 5.74. The summed E-state index contributed by atoms with van der Waals surface area (Å²) in [5, 5.41) is 13.2. The van der Waals surface area contributed by atoms with E-state index in [0.717, 1.165) is 0 Å². The number of benzene rings is 1. The van der Waals surface area contributed by atoms with Crippen LogP contribution in [0.3, 0.4) is 0 Å². The SMILES string of the molecule is CC(C)C(=O)N1CCC(C(=O)N[C@@H](CC(=O)OC(C)(C)C)C(O)COc2c(F)c(F)cc(F)c2F)CC1. The Morgan fingerprint density at radius 2 is 1.62 bits per heavy atom. The number of rotatable bonds is 9. The van der Waals surface area contributed by atoms with E-state index in [-0.39, 0.29) is 17.9 Å². The fraction of sp³-hybridized carbons (Fsp3) is 0.640. The maximum atomic E-state index is 13.9. The molecular formula is C25H34F4N2O6. The van der Waals surface area contributed by atoms with E-state index in [1.807, 2.05) is 0 Å². The molecule has 1 aliphatic rings. The van der Waals surface area contributed by atoms with E-state index in [9.17, 15) is 37.1 Å². The first-order chi connectivity index (χ1) is 17.1. The summed E-state index contributed by atoms with van der Waals surface area (Å²) < 4.78 is 64.8. The molecule has 1 aromatic rings. The van der Waals surface area contributed by atoms with Gasteiger partial charge in [0.1, 0.15) is 18.3 Å². The molecule has 0 radical (unpaired) electrons. The van der Waals surface area contributed by atoms with E-state index >= 15 is 0 Å². The van der Waals surface area contributed by atoms with Crippen molar-refractivity contribution in [3.63, 3.8) is 0 Å². The molecule has 1 saturated heterocycles. The highest BCUT2D eigenvalue weighted by Crippen LogP contribution is 2.27. The van der Waals surface area contributed by atoms with Crippen molar-refractivity contribution < 1.29 is 46.5 Å². The molecule has 1 aliphatic heterocycles. The van der Waals surface area contributed by atoms with E-state index in [1.54, 1.807) is 39.5 Å². The third-order valence-electron chi connectivity index (χ3n) is 5.74. The number of aliphatic hydroxyl groups is 1. The zero-order chi connectivity index (χ0) is 28.1. The Morgan fingerprint density at radius 3 is 2.11 bits per heavy atom. The van der Waals surface area contributed by atoms with Crippen molar-refractivity contribution in [3.8, 4) is 5.75 Å². The summed E-state index contributed by atoms with van der Waals surface area (Å²) in [6.07, 6.45) is -1.51. The molecule has 2 N–H and O–H groups in total. The van der Waals surface area contributed by atoms with Crippen LogP contribution in [0.1, 0.15) is 53.9 Å². The zero-order valence-electron chi connectivity index (χ0n) is 21.6. The van der Waals surface area contributed by atoms with Crippen LogP contribution < -0.4 is 10.1 Å². The van der Waals surface area contributed by atoms with E-state index < -0.39 is 77.6 Å². The average molecular weight is 535 g/mol. The standard InChI is InChI=1S/C25H34F4N2O6/c1-13(2)24(35)31-8-6-14(7-9-31)23(34)30-17(11-19(33)37-25(3,4)5)18(32)12-36-22-20(28)15(26)10-16(27)21(22)29/h10,13-14,17-18,32H,6-9,11-12H2,1-5H3,(H,30,34)/t17-,18?/m0/s1. The molecule has 0 saturated carbocycles. The molecule has 1 aromatic carbocycles. The minimum atomic E-state index is -1.79. The number of nitrogens with zero attached hydrogens (tertiary/aromatic N) is 1. The summed E-state index contributed by atoms with van der Waals surface area (Å²) in [6.45, 7) is 8.24. The van der Waals surface area contributed by atoms with Gasteiger partial charge in [-0.1, -0.05) is 13.8 Å². The van der Waals surface area contributed by atoms with E-state index in [2.05, 4.69) is 5.32 Å². The second-order valence-corrected chi connectivity index (χ2v) is 10.3. The number of likely N-dealkylation sites (tertiary alicyclic amines) is 1. The van der Waals surface area contributed by atoms with Crippen LogP contribution in [0.2, 0.25) is 0 Å². The number of hydrogen-bond acceptors (Lipinski definition) is 6. The van der Waals surface area contributed by atoms with Crippen LogP contribution >= 0.6 is 0 Å². The molecule has 2 atom stereocenters. The fourth-order valence-electron chi connectivity index (χ4n) is 3.84. The number of carbonyl (C=O) groups is 3. The van der Waals surface area contributed by atoms with Gasteiger partial charge in [0.05, 0.1) is 12.5 Å². The highest BCUT2D eigenvalue weighted by molar-refractivity contribution is 5.81. The molecule has 12 heteroatoms. The van der Waals surface area contributed by atoms with Crippen LogP contribution in [0.15, 0.2) is 6.07 Å². The Bertz CT molecular complexity index is 964. The Kier molecular flexibility index (Phi) is 10.3. The van der Waals surface area contributed by atoms with Crippen LogP contribution in [0, 0.1) is 35.1 Å². The molecule has 0 spiro atoms. The summed E-state index contributed by atoms with van der Waals surface area (Å²) in [5.41, 5.74) is -0.867. The second-order valence-electron chi connectivity index (χ2n) is 10.3. The minimum absolute atomic E-state index is 0.0134. The Morgan fingerprint density at radius 1 is 1.08 bits per heavy atom. The Balaban J connectivity index is 2.11. The summed E-state index contributed by atoms with van der Waals surface area (Å²) in [5.74, 6) is -10.3. The van der Waals surface area contributed by atoms with Gasteiger partial charge in [-0.25, -0.2) is 8.78 Å². The molecule has 208 valence electrons. The quantitative estimate of drug-likeness (QED) is 0.287. The number of amides is 2. The van der Waals surface area contributed by atoms with Crippen molar-refractivity contribution in [3.05, 3.63) is 29.3 Å². The normalized spacial score (nSPS) is 16.4. The van der Waals surface area contributed by atoms with Crippen LogP contribution in [0.25, 0.3) is 0 Å². The lowest BCUT2D eigenvalue weighted by Gasteiger charge is -2.33. The number of nitrogens with one attached hydrogen (secondary N) is 1. The molecule has 2 amide bonds. The first-order valence-corrected chi connectivity index (χ1v) is 12.1. The molecular weight excluding hydrogens is 500 g/mol. The van der Waals surface area contributed by atoms with Gasteiger partial charge >= 0.3 is 5.97 Å². The number of halogens is 4. The van der Waals surface area contributed by atoms with Gasteiger partial charge in [0.15, 0.2) is 17.4 Å². The summed E-state index contributed by atoms with van der Waals surface area (Å²) in [7, 11) is 0. The topological polar surface area (TPSA) is 105 Å². The highest BCUT2D eigenvalue weighted by atomic mass is 19.2. The second kappa shape index (κ2) is 12.6. The molecule has 1 unspecified atom stereocenters. The zero-order valence-corrected chi connectivity index (χ0v) is 21.6. The van der Waals surface area contributed by atoms with Crippen LogP contribution in [0.5, 0.6) is 5.75 Å². The molecule has 0 bridgehead atoms. The third kappa shape index (κ3) is 8.58. The van der Waals surface area contributed by atoms with Crippen LogP contribution in [-0.4, -0.2) is 65.2 Å². The van der Waals surface area contributed by atoms with Gasteiger partial charge in [-0.15, -0.1) is 0 Å². The summed E-state index contributed by atoms with van der Waals surface area (Å²) in [6, 6.07) is -1.29. The number of hydrogen-bond donors (Lipinski definition) is 2. The van der Waals surface area contributed by atoms with Gasteiger partial charge in [0, 0.05) is 31.0 Å². The smallest absolute Gasteiger partial charge is 0.308 e. The van der Waals surface area contributed by atoms with Gasteiger partial charge in [0.25, 0.3) is 0 Å². The van der Waals surface area contributed by atoms with E-state index in [1.165, 1.54) is 0 Å². The Hall–Kier alpha value is -2.89. The number of carbonyl (C=O) groups excluding carboxylic acids is 3. The van der Waals surface area contributed by atoms with Crippen molar-refractivity contribution in [2.45, 2.75) is 71.6 Å².